The van der Waals surface area contributed by atoms with Crippen molar-refractivity contribution < 1.29 is 13.9 Å². The molecular weight excluding hydrogens is 392 g/mol. The summed E-state index contributed by atoms with van der Waals surface area (Å²) in [6, 6.07) is 20.8. The molecule has 0 fully saturated rings. The topological polar surface area (TPSA) is 87.9 Å². The van der Waals surface area contributed by atoms with Crippen molar-refractivity contribution in [1.82, 2.24) is 16.0 Å². The number of guanidine groups is 1. The Bertz CT molecular complexity index is 956. The first-order valence-electron chi connectivity index (χ1n) is 10.3. The Labute approximate surface area is 182 Å². The van der Waals surface area contributed by atoms with Gasteiger partial charge in [0.2, 0.25) is 0 Å². The fraction of sp³-hybridized carbons (Fsp3) is 0.250. The summed E-state index contributed by atoms with van der Waals surface area (Å²) in [5.41, 5.74) is 1.54. The van der Waals surface area contributed by atoms with Crippen molar-refractivity contribution in [2.45, 2.75) is 20.0 Å². The first-order valence-corrected chi connectivity index (χ1v) is 10.3. The number of nitrogens with one attached hydrogen (secondary N) is 3. The van der Waals surface area contributed by atoms with Gasteiger partial charge >= 0.3 is 0 Å². The van der Waals surface area contributed by atoms with Crippen LogP contribution in [0.5, 0.6) is 5.75 Å². The number of hydrogen-bond donors (Lipinski definition) is 3. The number of rotatable bonds is 10. The van der Waals surface area contributed by atoms with Crippen molar-refractivity contribution >= 4 is 11.9 Å². The normalized spacial score (nSPS) is 11.1. The maximum absolute atomic E-state index is 12.4. The fourth-order valence-electron chi connectivity index (χ4n) is 2.86. The number of ether oxygens (including phenoxy) is 1. The molecule has 2 aromatic carbocycles. The Hall–Kier alpha value is -3.74. The predicted octanol–water partition coefficient (Wildman–Crippen LogP) is 3.34. The molecule has 0 radical (unpaired) electrons. The quantitative estimate of drug-likeness (QED) is 0.266. The Morgan fingerprint density at radius 3 is 2.65 bits per heavy atom. The van der Waals surface area contributed by atoms with Crippen LogP contribution in [0, 0.1) is 0 Å². The number of furan rings is 1. The zero-order valence-corrected chi connectivity index (χ0v) is 17.6. The molecule has 7 nitrogen and oxygen atoms in total. The van der Waals surface area contributed by atoms with Gasteiger partial charge in [-0.25, -0.2) is 4.99 Å². The predicted molar refractivity (Wildman–Crippen MR) is 121 cm³/mol. The molecule has 0 aliphatic heterocycles. The SMILES string of the molecule is CCNC(=NCc1cccc(C(=O)NCc2ccco2)c1)NCCOc1ccccc1. The Morgan fingerprint density at radius 1 is 1.00 bits per heavy atom. The summed E-state index contributed by atoms with van der Waals surface area (Å²) in [5.74, 6) is 2.11. The van der Waals surface area contributed by atoms with E-state index in [0.717, 1.165) is 17.9 Å². The lowest BCUT2D eigenvalue weighted by Crippen LogP contribution is -2.39. The van der Waals surface area contributed by atoms with E-state index in [1.165, 1.54) is 0 Å². The smallest absolute Gasteiger partial charge is 0.251 e. The van der Waals surface area contributed by atoms with Gasteiger partial charge < -0.3 is 25.1 Å². The van der Waals surface area contributed by atoms with Gasteiger partial charge in [-0.1, -0.05) is 30.3 Å². The van der Waals surface area contributed by atoms with Gasteiger partial charge in [-0.05, 0) is 48.9 Å². The van der Waals surface area contributed by atoms with Crippen LogP contribution in [-0.2, 0) is 13.1 Å². The van der Waals surface area contributed by atoms with Crippen molar-refractivity contribution in [1.29, 1.82) is 0 Å². The highest BCUT2D eigenvalue weighted by Gasteiger charge is 2.07. The number of benzene rings is 2. The second kappa shape index (κ2) is 12.1. The first kappa shape index (κ1) is 22.0. The van der Waals surface area contributed by atoms with Crippen LogP contribution in [0.25, 0.3) is 0 Å². The van der Waals surface area contributed by atoms with Crippen LogP contribution in [0.4, 0.5) is 0 Å². The molecule has 1 heterocycles. The molecule has 7 heteroatoms. The van der Waals surface area contributed by atoms with Gasteiger partial charge in [-0.3, -0.25) is 4.79 Å². The number of hydrogen-bond acceptors (Lipinski definition) is 4. The molecular formula is C24H28N4O3. The maximum Gasteiger partial charge on any atom is 0.251 e. The van der Waals surface area contributed by atoms with Gasteiger partial charge in [0, 0.05) is 12.1 Å². The van der Waals surface area contributed by atoms with Crippen molar-refractivity contribution in [2.24, 2.45) is 4.99 Å². The zero-order valence-electron chi connectivity index (χ0n) is 17.6. The van der Waals surface area contributed by atoms with E-state index in [2.05, 4.69) is 20.9 Å². The minimum atomic E-state index is -0.148. The molecule has 3 rings (SSSR count). The second-order valence-corrected chi connectivity index (χ2v) is 6.75. The number of carbonyl (C=O) groups is 1. The summed E-state index contributed by atoms with van der Waals surface area (Å²) < 4.78 is 10.9. The van der Waals surface area contributed by atoms with E-state index in [1.54, 1.807) is 18.4 Å². The summed E-state index contributed by atoms with van der Waals surface area (Å²) in [6.45, 7) is 4.72. The van der Waals surface area contributed by atoms with Crippen LogP contribution in [-0.4, -0.2) is 31.6 Å². The first-order chi connectivity index (χ1) is 15.2. The van der Waals surface area contributed by atoms with Gasteiger partial charge in [0.25, 0.3) is 5.91 Å². The third-order valence-corrected chi connectivity index (χ3v) is 4.36. The summed E-state index contributed by atoms with van der Waals surface area (Å²) in [7, 11) is 0. The average molecular weight is 421 g/mol. The highest BCUT2D eigenvalue weighted by Crippen LogP contribution is 2.09. The van der Waals surface area contributed by atoms with Crippen LogP contribution in [0.15, 0.2) is 82.4 Å². The second-order valence-electron chi connectivity index (χ2n) is 6.75. The van der Waals surface area contributed by atoms with Crippen molar-refractivity contribution in [3.05, 3.63) is 89.9 Å². The molecule has 0 spiro atoms. The van der Waals surface area contributed by atoms with E-state index in [0.29, 0.717) is 43.5 Å². The van der Waals surface area contributed by atoms with E-state index in [4.69, 9.17) is 9.15 Å². The third-order valence-electron chi connectivity index (χ3n) is 4.36. The molecule has 0 saturated carbocycles. The molecule has 0 bridgehead atoms. The standard InChI is InChI=1S/C24H28N4O3/c1-2-25-24(26-13-15-31-21-10-4-3-5-11-21)28-17-19-8-6-9-20(16-19)23(29)27-18-22-12-7-14-30-22/h3-12,14,16H,2,13,15,17-18H2,1H3,(H,27,29)(H2,25,26,28). The highest BCUT2D eigenvalue weighted by molar-refractivity contribution is 5.94. The minimum absolute atomic E-state index is 0.148. The molecule has 0 saturated heterocycles. The van der Waals surface area contributed by atoms with Crippen molar-refractivity contribution in [2.75, 3.05) is 19.7 Å². The maximum atomic E-state index is 12.4. The van der Waals surface area contributed by atoms with E-state index in [9.17, 15) is 4.79 Å². The summed E-state index contributed by atoms with van der Waals surface area (Å²) in [5, 5.41) is 9.33. The van der Waals surface area contributed by atoms with Gasteiger partial charge in [-0.15, -0.1) is 0 Å². The zero-order chi connectivity index (χ0) is 21.7. The van der Waals surface area contributed by atoms with Gasteiger partial charge in [-0.2, -0.15) is 0 Å². The van der Waals surface area contributed by atoms with Gasteiger partial charge in [0.15, 0.2) is 5.96 Å². The van der Waals surface area contributed by atoms with Crippen molar-refractivity contribution in [3.8, 4) is 5.75 Å². The Kier molecular flexibility index (Phi) is 8.55. The average Bonchev–Trinajstić information content (AvgIpc) is 3.33. The number of nitrogens with zero attached hydrogens (tertiary/aromatic N) is 1. The van der Waals surface area contributed by atoms with E-state index in [-0.39, 0.29) is 5.91 Å². The number of aliphatic imine (C=N–C) groups is 1. The Balaban J connectivity index is 1.50. The van der Waals surface area contributed by atoms with Crippen LogP contribution < -0.4 is 20.7 Å². The molecule has 0 unspecified atom stereocenters. The summed E-state index contributed by atoms with van der Waals surface area (Å²) in [4.78, 5) is 17.0. The van der Waals surface area contributed by atoms with Gasteiger partial charge in [0.05, 0.1) is 25.9 Å². The molecule has 3 aromatic rings. The van der Waals surface area contributed by atoms with Crippen molar-refractivity contribution in [3.63, 3.8) is 0 Å². The van der Waals surface area contributed by atoms with Crippen LogP contribution in [0.1, 0.15) is 28.6 Å². The molecule has 1 aromatic heterocycles. The largest absolute Gasteiger partial charge is 0.492 e. The number of carbonyl (C=O) groups excluding carboxylic acids is 1. The molecule has 0 atom stereocenters. The van der Waals surface area contributed by atoms with E-state index < -0.39 is 0 Å². The molecule has 0 aliphatic carbocycles. The van der Waals surface area contributed by atoms with Crippen LogP contribution in [0.2, 0.25) is 0 Å². The minimum Gasteiger partial charge on any atom is -0.492 e. The molecule has 31 heavy (non-hydrogen) atoms. The molecule has 0 aliphatic rings. The molecule has 162 valence electrons. The Morgan fingerprint density at radius 2 is 1.87 bits per heavy atom. The lowest BCUT2D eigenvalue weighted by Gasteiger charge is -2.12. The van der Waals surface area contributed by atoms with E-state index in [1.807, 2.05) is 61.5 Å². The lowest BCUT2D eigenvalue weighted by molar-refractivity contribution is 0.0948. The summed E-state index contributed by atoms with van der Waals surface area (Å²) >= 11 is 0. The molecule has 3 N–H and O–H groups in total. The third kappa shape index (κ3) is 7.54. The highest BCUT2D eigenvalue weighted by atomic mass is 16.5. The van der Waals surface area contributed by atoms with Crippen LogP contribution in [0.3, 0.4) is 0 Å². The summed E-state index contributed by atoms with van der Waals surface area (Å²) in [6.07, 6.45) is 1.59. The fourth-order valence-corrected chi connectivity index (χ4v) is 2.86. The monoisotopic (exact) mass is 420 g/mol. The number of para-hydroxylation sites is 1. The number of amides is 1. The lowest BCUT2D eigenvalue weighted by atomic mass is 10.1. The van der Waals surface area contributed by atoms with Crippen LogP contribution >= 0.6 is 0 Å². The molecule has 1 amide bonds. The van der Waals surface area contributed by atoms with E-state index >= 15 is 0 Å². The van der Waals surface area contributed by atoms with Gasteiger partial charge in [0.1, 0.15) is 18.1 Å².